The van der Waals surface area contributed by atoms with Crippen LogP contribution in [0.25, 0.3) is 11.3 Å². The molecule has 29 heavy (non-hydrogen) atoms. The summed E-state index contributed by atoms with van der Waals surface area (Å²) < 4.78 is 0. The predicted octanol–water partition coefficient (Wildman–Crippen LogP) is 5.00. The van der Waals surface area contributed by atoms with Crippen LogP contribution in [0.4, 0.5) is 22.0 Å². The van der Waals surface area contributed by atoms with Crippen LogP contribution in [0.1, 0.15) is 24.0 Å². The first-order chi connectivity index (χ1) is 14.1. The molecular weight excluding hydrogens is 362 g/mol. The number of aromatic nitrogens is 2. The Morgan fingerprint density at radius 1 is 0.897 bits per heavy atom. The van der Waals surface area contributed by atoms with Gasteiger partial charge in [0.25, 0.3) is 0 Å². The van der Waals surface area contributed by atoms with Crippen LogP contribution in [0.3, 0.4) is 0 Å². The Hall–Kier alpha value is -3.41. The van der Waals surface area contributed by atoms with Crippen molar-refractivity contribution in [2.45, 2.75) is 26.7 Å². The Morgan fingerprint density at radius 2 is 1.66 bits per heavy atom. The highest BCUT2D eigenvalue weighted by Crippen LogP contribution is 2.23. The molecule has 0 aliphatic carbocycles. The fourth-order valence-electron chi connectivity index (χ4n) is 3.49. The van der Waals surface area contributed by atoms with Gasteiger partial charge in [0.05, 0.1) is 5.69 Å². The van der Waals surface area contributed by atoms with Crippen molar-refractivity contribution in [1.29, 1.82) is 0 Å². The largest absolute Gasteiger partial charge is 0.355 e. The number of urea groups is 1. The first kappa shape index (κ1) is 18.9. The van der Waals surface area contributed by atoms with Gasteiger partial charge in [-0.1, -0.05) is 24.3 Å². The van der Waals surface area contributed by atoms with Crippen LogP contribution in [-0.4, -0.2) is 29.3 Å². The maximum atomic E-state index is 12.3. The summed E-state index contributed by atoms with van der Waals surface area (Å²) in [6.07, 6.45) is 2.43. The highest BCUT2D eigenvalue weighted by Gasteiger charge is 2.14. The normalized spacial score (nSPS) is 13.4. The Labute approximate surface area is 171 Å². The first-order valence-corrected chi connectivity index (χ1v) is 9.93. The minimum atomic E-state index is -0.263. The van der Waals surface area contributed by atoms with Crippen LogP contribution in [0.15, 0.2) is 54.6 Å². The average molecular weight is 387 g/mol. The zero-order valence-corrected chi connectivity index (χ0v) is 16.8. The van der Waals surface area contributed by atoms with Crippen LogP contribution in [0.5, 0.6) is 0 Å². The molecular formula is C23H25N5O. The summed E-state index contributed by atoms with van der Waals surface area (Å²) in [6, 6.07) is 17.2. The molecule has 3 aromatic rings. The van der Waals surface area contributed by atoms with Gasteiger partial charge in [0.15, 0.2) is 5.82 Å². The van der Waals surface area contributed by atoms with Gasteiger partial charge in [0, 0.05) is 30.0 Å². The third kappa shape index (κ3) is 4.37. The van der Waals surface area contributed by atoms with E-state index in [-0.39, 0.29) is 6.03 Å². The number of aryl methyl sites for hydroxylation is 1. The molecule has 4 rings (SSSR count). The fourth-order valence-corrected chi connectivity index (χ4v) is 3.49. The van der Waals surface area contributed by atoms with Crippen LogP contribution < -0.4 is 15.5 Å². The Kier molecular flexibility index (Phi) is 5.42. The van der Waals surface area contributed by atoms with E-state index in [1.54, 1.807) is 0 Å². The van der Waals surface area contributed by atoms with Gasteiger partial charge in [-0.15, -0.1) is 10.2 Å². The topological polar surface area (TPSA) is 70.2 Å². The van der Waals surface area contributed by atoms with Gasteiger partial charge in [-0.05, 0) is 68.1 Å². The van der Waals surface area contributed by atoms with Crippen LogP contribution in [0.2, 0.25) is 0 Å². The quantitative estimate of drug-likeness (QED) is 0.661. The highest BCUT2D eigenvalue weighted by atomic mass is 16.2. The lowest BCUT2D eigenvalue weighted by atomic mass is 10.1. The molecule has 2 aromatic carbocycles. The number of carbonyl (C=O) groups is 1. The molecule has 2 N–H and O–H groups in total. The lowest BCUT2D eigenvalue weighted by Crippen LogP contribution is -2.20. The van der Waals surface area contributed by atoms with E-state index in [2.05, 4.69) is 25.7 Å². The predicted molar refractivity (Wildman–Crippen MR) is 117 cm³/mol. The molecule has 0 radical (unpaired) electrons. The summed E-state index contributed by atoms with van der Waals surface area (Å²) in [5.41, 5.74) is 5.52. The number of anilines is 3. The van der Waals surface area contributed by atoms with E-state index in [1.807, 2.05) is 68.4 Å². The van der Waals surface area contributed by atoms with Crippen molar-refractivity contribution in [2.75, 3.05) is 28.6 Å². The maximum Gasteiger partial charge on any atom is 0.323 e. The third-order valence-electron chi connectivity index (χ3n) is 5.37. The molecule has 2 amide bonds. The molecule has 1 fully saturated rings. The van der Waals surface area contributed by atoms with Crippen LogP contribution in [0, 0.1) is 13.8 Å². The third-order valence-corrected chi connectivity index (χ3v) is 5.37. The molecule has 6 heteroatoms. The molecule has 0 atom stereocenters. The fraction of sp³-hybridized carbons (Fsp3) is 0.261. The summed E-state index contributed by atoms with van der Waals surface area (Å²) in [5.74, 6) is 0.938. The molecule has 2 heterocycles. The van der Waals surface area contributed by atoms with E-state index in [9.17, 15) is 4.79 Å². The second-order valence-electron chi connectivity index (χ2n) is 7.37. The zero-order valence-electron chi connectivity index (χ0n) is 16.8. The highest BCUT2D eigenvalue weighted by molar-refractivity contribution is 6.00. The molecule has 1 aliphatic rings. The van der Waals surface area contributed by atoms with Crippen molar-refractivity contribution < 1.29 is 4.79 Å². The van der Waals surface area contributed by atoms with Gasteiger partial charge in [0.2, 0.25) is 0 Å². The lowest BCUT2D eigenvalue weighted by molar-refractivity contribution is 0.262. The molecule has 1 aromatic heterocycles. The van der Waals surface area contributed by atoms with Crippen molar-refractivity contribution in [1.82, 2.24) is 10.2 Å². The van der Waals surface area contributed by atoms with Gasteiger partial charge in [-0.2, -0.15) is 0 Å². The lowest BCUT2D eigenvalue weighted by Gasteiger charge is -2.15. The van der Waals surface area contributed by atoms with Crippen molar-refractivity contribution in [2.24, 2.45) is 0 Å². The Balaban J connectivity index is 1.39. The number of rotatable bonds is 4. The first-order valence-electron chi connectivity index (χ1n) is 9.93. The van der Waals surface area contributed by atoms with Gasteiger partial charge in [-0.3, -0.25) is 0 Å². The van der Waals surface area contributed by atoms with Crippen LogP contribution >= 0.6 is 0 Å². The van der Waals surface area contributed by atoms with Crippen molar-refractivity contribution >= 4 is 23.2 Å². The van der Waals surface area contributed by atoms with Crippen molar-refractivity contribution in [3.8, 4) is 11.3 Å². The van der Waals surface area contributed by atoms with E-state index in [0.29, 0.717) is 0 Å². The molecule has 6 nitrogen and oxygen atoms in total. The maximum absolute atomic E-state index is 12.3. The van der Waals surface area contributed by atoms with Crippen molar-refractivity contribution in [3.05, 3.63) is 65.7 Å². The smallest absolute Gasteiger partial charge is 0.323 e. The number of benzene rings is 2. The zero-order chi connectivity index (χ0) is 20.2. The van der Waals surface area contributed by atoms with Gasteiger partial charge in [0.1, 0.15) is 0 Å². The number of carbonyl (C=O) groups excluding carboxylic acids is 1. The van der Waals surface area contributed by atoms with Crippen molar-refractivity contribution in [3.63, 3.8) is 0 Å². The second-order valence-corrected chi connectivity index (χ2v) is 7.37. The van der Waals surface area contributed by atoms with Gasteiger partial charge < -0.3 is 15.5 Å². The molecule has 0 saturated carbocycles. The molecule has 1 saturated heterocycles. The summed E-state index contributed by atoms with van der Waals surface area (Å²) in [4.78, 5) is 14.6. The van der Waals surface area contributed by atoms with E-state index >= 15 is 0 Å². The summed E-state index contributed by atoms with van der Waals surface area (Å²) in [6.45, 7) is 6.13. The summed E-state index contributed by atoms with van der Waals surface area (Å²) >= 11 is 0. The molecule has 1 aliphatic heterocycles. The molecule has 0 spiro atoms. The Morgan fingerprint density at radius 3 is 2.34 bits per heavy atom. The second kappa shape index (κ2) is 8.31. The van der Waals surface area contributed by atoms with E-state index in [4.69, 9.17) is 0 Å². The molecule has 148 valence electrons. The van der Waals surface area contributed by atoms with E-state index < -0.39 is 0 Å². The number of amides is 2. The van der Waals surface area contributed by atoms with E-state index in [0.717, 1.165) is 52.7 Å². The summed E-state index contributed by atoms with van der Waals surface area (Å²) in [7, 11) is 0. The molecule has 0 bridgehead atoms. The number of hydrogen-bond acceptors (Lipinski definition) is 4. The standard InChI is InChI=1S/C23H25N5O/c1-16-6-5-7-20(17(16)2)25-23(29)24-19-10-8-18(9-11-19)21-12-13-22(27-26-21)28-14-3-4-15-28/h5-13H,3-4,14-15H2,1-2H3,(H2,24,25,29). The number of hydrogen-bond donors (Lipinski definition) is 2. The van der Waals surface area contributed by atoms with Gasteiger partial charge in [-0.25, -0.2) is 4.79 Å². The Bertz CT molecular complexity index is 993. The molecule has 0 unspecified atom stereocenters. The van der Waals surface area contributed by atoms with Crippen LogP contribution in [-0.2, 0) is 0 Å². The number of nitrogens with zero attached hydrogens (tertiary/aromatic N) is 3. The SMILES string of the molecule is Cc1cccc(NC(=O)Nc2ccc(-c3ccc(N4CCCC4)nn3)cc2)c1C. The average Bonchev–Trinajstić information content (AvgIpc) is 3.27. The number of nitrogens with one attached hydrogen (secondary N) is 2. The van der Waals surface area contributed by atoms with Gasteiger partial charge >= 0.3 is 6.03 Å². The summed E-state index contributed by atoms with van der Waals surface area (Å²) in [5, 5.41) is 14.5. The van der Waals surface area contributed by atoms with E-state index in [1.165, 1.54) is 12.8 Å². The monoisotopic (exact) mass is 387 g/mol. The minimum Gasteiger partial charge on any atom is -0.355 e. The minimum absolute atomic E-state index is 0.263.